The Labute approximate surface area is 203 Å². The van der Waals surface area contributed by atoms with Crippen LogP contribution in [0.25, 0.3) is 0 Å². The Balaban J connectivity index is 1.34. The van der Waals surface area contributed by atoms with Crippen LogP contribution in [0.5, 0.6) is 5.75 Å². The van der Waals surface area contributed by atoms with Gasteiger partial charge in [-0.15, -0.1) is 11.6 Å². The van der Waals surface area contributed by atoms with Gasteiger partial charge in [-0.2, -0.15) is 0 Å². The number of hydrogen-bond donors (Lipinski definition) is 0. The van der Waals surface area contributed by atoms with Crippen LogP contribution in [0.1, 0.15) is 59.2 Å². The Morgan fingerprint density at radius 3 is 2.41 bits per heavy atom. The number of hydroxylamine groups is 2. The third-order valence-corrected chi connectivity index (χ3v) is 6.16. The number of anilines is 1. The number of carbonyl (C=O) groups excluding carboxylic acids is 3. The highest BCUT2D eigenvalue weighted by molar-refractivity contribution is 6.31. The molecule has 2 aromatic rings. The molecule has 1 saturated carbocycles. The molecule has 0 N–H and O–H groups in total. The number of hydrogen-bond acceptors (Lipinski definition) is 5. The maximum absolute atomic E-state index is 12.8. The average Bonchev–Trinajstić information content (AvgIpc) is 3.42. The van der Waals surface area contributed by atoms with Gasteiger partial charge >= 0.3 is 0 Å². The predicted molar refractivity (Wildman–Crippen MR) is 129 cm³/mol. The van der Waals surface area contributed by atoms with Gasteiger partial charge in [0.15, 0.2) is 0 Å². The van der Waals surface area contributed by atoms with Crippen molar-refractivity contribution in [2.45, 2.75) is 44.6 Å². The molecule has 1 aliphatic heterocycles. The number of ether oxygens (including phenoxy) is 1. The Morgan fingerprint density at radius 2 is 1.76 bits per heavy atom. The minimum atomic E-state index is -0.461. The Hall–Kier alpha value is -3.16. The fourth-order valence-corrected chi connectivity index (χ4v) is 4.62. The lowest BCUT2D eigenvalue weighted by atomic mass is 10.1. The monoisotopic (exact) mass is 482 g/mol. The smallest absolute Gasteiger partial charge is 0.285 e. The number of fused-ring (bicyclic) bond motifs is 1. The molecule has 7 nitrogen and oxygen atoms in total. The van der Waals surface area contributed by atoms with Crippen LogP contribution in [-0.2, 0) is 9.63 Å². The molecule has 178 valence electrons. The number of benzene rings is 2. The third kappa shape index (κ3) is 5.16. The van der Waals surface area contributed by atoms with Crippen LogP contribution >= 0.6 is 11.6 Å². The van der Waals surface area contributed by atoms with E-state index in [0.29, 0.717) is 34.0 Å². The summed E-state index contributed by atoms with van der Waals surface area (Å²) in [5, 5.41) is 1.27. The Morgan fingerprint density at radius 1 is 1.09 bits per heavy atom. The molecule has 1 fully saturated rings. The van der Waals surface area contributed by atoms with Gasteiger partial charge in [-0.05, 0) is 37.1 Å². The van der Waals surface area contributed by atoms with Gasteiger partial charge in [-0.3, -0.25) is 19.2 Å². The molecule has 3 amide bonds. The number of carbonyl (C=O) groups is 3. The van der Waals surface area contributed by atoms with E-state index in [1.165, 1.54) is 0 Å². The average molecular weight is 483 g/mol. The first-order valence-electron chi connectivity index (χ1n) is 11.5. The summed E-state index contributed by atoms with van der Waals surface area (Å²) in [6.07, 6.45) is 6.42. The first kappa shape index (κ1) is 24.0. The molecule has 2 aromatic carbocycles. The largest absolute Gasteiger partial charge is 0.493 e. The standard InChI is InChI=1S/C26H27ClN2O5/c1-2-8-24(30)28(19-9-3-4-10-19)20-15-18(27)16-21(17-20)33-13-7-14-34-29-25(31)22-11-5-6-12-23(22)26(29)32/h2,5-6,11-12,15-17,19H,1,3-4,7-10,13-14H2. The number of nitrogens with zero attached hydrogens (tertiary/aromatic N) is 2. The SMILES string of the molecule is C=CCC(=O)N(c1cc(Cl)cc(OCCCON2C(=O)c3ccccc3C2=O)c1)C1CCCC1. The van der Waals surface area contributed by atoms with Crippen molar-refractivity contribution in [1.29, 1.82) is 0 Å². The molecular weight excluding hydrogens is 456 g/mol. The summed E-state index contributed by atoms with van der Waals surface area (Å²) in [7, 11) is 0. The van der Waals surface area contributed by atoms with E-state index < -0.39 is 11.8 Å². The number of imide groups is 1. The summed E-state index contributed by atoms with van der Waals surface area (Å²) in [6, 6.07) is 12.1. The third-order valence-electron chi connectivity index (χ3n) is 5.95. The lowest BCUT2D eigenvalue weighted by molar-refractivity contribution is -0.118. The Kier molecular flexibility index (Phi) is 7.65. The molecule has 1 aliphatic carbocycles. The van der Waals surface area contributed by atoms with Gasteiger partial charge in [0, 0.05) is 35.7 Å². The lowest BCUT2D eigenvalue weighted by Gasteiger charge is -2.29. The van der Waals surface area contributed by atoms with Crippen molar-refractivity contribution in [3.63, 3.8) is 0 Å². The van der Waals surface area contributed by atoms with Gasteiger partial charge in [-0.1, -0.05) is 42.7 Å². The van der Waals surface area contributed by atoms with Crippen LogP contribution in [-0.4, -0.2) is 42.0 Å². The van der Waals surface area contributed by atoms with Crippen LogP contribution in [0.4, 0.5) is 5.69 Å². The highest BCUT2D eigenvalue weighted by Crippen LogP contribution is 2.33. The zero-order valence-electron chi connectivity index (χ0n) is 18.9. The highest BCUT2D eigenvalue weighted by atomic mass is 35.5. The highest BCUT2D eigenvalue weighted by Gasteiger charge is 2.36. The second-order valence-electron chi connectivity index (χ2n) is 8.33. The minimum absolute atomic E-state index is 0.00976. The first-order valence-corrected chi connectivity index (χ1v) is 11.8. The van der Waals surface area contributed by atoms with Crippen molar-refractivity contribution in [3.05, 3.63) is 71.3 Å². The van der Waals surface area contributed by atoms with Crippen molar-refractivity contribution in [3.8, 4) is 5.75 Å². The van der Waals surface area contributed by atoms with Crippen LogP contribution in [0.15, 0.2) is 55.1 Å². The molecular formula is C26H27ClN2O5. The van der Waals surface area contributed by atoms with Gasteiger partial charge in [0.1, 0.15) is 5.75 Å². The van der Waals surface area contributed by atoms with E-state index in [0.717, 1.165) is 30.7 Å². The molecule has 34 heavy (non-hydrogen) atoms. The second kappa shape index (κ2) is 10.8. The number of halogens is 1. The zero-order chi connectivity index (χ0) is 24.1. The summed E-state index contributed by atoms with van der Waals surface area (Å²) in [5.41, 5.74) is 1.39. The van der Waals surface area contributed by atoms with Crippen LogP contribution in [0.3, 0.4) is 0 Å². The van der Waals surface area contributed by atoms with E-state index >= 15 is 0 Å². The van der Waals surface area contributed by atoms with E-state index in [4.69, 9.17) is 21.2 Å². The van der Waals surface area contributed by atoms with Gasteiger partial charge in [-0.25, -0.2) is 0 Å². The topological polar surface area (TPSA) is 76.2 Å². The van der Waals surface area contributed by atoms with Crippen LogP contribution < -0.4 is 9.64 Å². The van der Waals surface area contributed by atoms with E-state index in [9.17, 15) is 14.4 Å². The van der Waals surface area contributed by atoms with E-state index in [1.807, 2.05) is 11.0 Å². The molecule has 0 aromatic heterocycles. The quantitative estimate of drug-likeness (QED) is 0.264. The van der Waals surface area contributed by atoms with Crippen LogP contribution in [0, 0.1) is 0 Å². The molecule has 8 heteroatoms. The maximum atomic E-state index is 12.8. The second-order valence-corrected chi connectivity index (χ2v) is 8.76. The zero-order valence-corrected chi connectivity index (χ0v) is 19.6. The van der Waals surface area contributed by atoms with Crippen molar-refractivity contribution in [2.75, 3.05) is 18.1 Å². The molecule has 0 radical (unpaired) electrons. The summed E-state index contributed by atoms with van der Waals surface area (Å²) in [6.45, 7) is 4.11. The number of rotatable bonds is 10. The van der Waals surface area contributed by atoms with Crippen molar-refractivity contribution in [1.82, 2.24) is 5.06 Å². The summed E-state index contributed by atoms with van der Waals surface area (Å²) < 4.78 is 5.85. The predicted octanol–water partition coefficient (Wildman–Crippen LogP) is 5.19. The van der Waals surface area contributed by atoms with Crippen molar-refractivity contribution >= 4 is 35.0 Å². The van der Waals surface area contributed by atoms with Crippen LogP contribution in [0.2, 0.25) is 5.02 Å². The molecule has 4 rings (SSSR count). The number of amides is 3. The molecule has 2 aliphatic rings. The van der Waals surface area contributed by atoms with Gasteiger partial charge in [0.2, 0.25) is 5.91 Å². The van der Waals surface area contributed by atoms with E-state index in [1.54, 1.807) is 42.5 Å². The summed E-state index contributed by atoms with van der Waals surface area (Å²) >= 11 is 6.34. The summed E-state index contributed by atoms with van der Waals surface area (Å²) in [4.78, 5) is 44.7. The summed E-state index contributed by atoms with van der Waals surface area (Å²) in [5.74, 6) is -0.392. The molecule has 0 unspecified atom stereocenters. The van der Waals surface area contributed by atoms with Gasteiger partial charge in [0.25, 0.3) is 11.8 Å². The van der Waals surface area contributed by atoms with E-state index in [-0.39, 0.29) is 31.6 Å². The fraction of sp³-hybridized carbons (Fsp3) is 0.346. The molecule has 0 atom stereocenters. The normalized spacial score (nSPS) is 15.5. The van der Waals surface area contributed by atoms with Gasteiger partial charge < -0.3 is 9.64 Å². The van der Waals surface area contributed by atoms with Crippen molar-refractivity contribution in [2.24, 2.45) is 0 Å². The fourth-order valence-electron chi connectivity index (χ4n) is 4.40. The molecule has 1 heterocycles. The maximum Gasteiger partial charge on any atom is 0.285 e. The van der Waals surface area contributed by atoms with E-state index in [2.05, 4.69) is 6.58 Å². The van der Waals surface area contributed by atoms with Crippen molar-refractivity contribution < 1.29 is 24.0 Å². The lowest BCUT2D eigenvalue weighted by Crippen LogP contribution is -2.38. The molecule has 0 bridgehead atoms. The molecule has 0 saturated heterocycles. The Bertz CT molecular complexity index is 1060. The molecule has 0 spiro atoms. The van der Waals surface area contributed by atoms with Gasteiger partial charge in [0.05, 0.1) is 24.3 Å². The first-order chi connectivity index (χ1) is 16.5. The minimum Gasteiger partial charge on any atom is -0.493 e.